The summed E-state index contributed by atoms with van der Waals surface area (Å²) in [6, 6.07) is 16.0. The van der Waals surface area contributed by atoms with Crippen molar-refractivity contribution in [3.63, 3.8) is 0 Å². The standard InChI is InChI=1S/C20H21BrO2/c1-20(23)10-9-15-7-8-17(21)12-16(15)13-18(20)19(22)11-14-5-3-2-4-6-14/h2-8,12,18,23H,9-11,13H2,1H3/t18-,20+/m0/s1. The van der Waals surface area contributed by atoms with Gasteiger partial charge >= 0.3 is 0 Å². The molecule has 0 heterocycles. The number of rotatable bonds is 3. The fourth-order valence-corrected chi connectivity index (χ4v) is 3.82. The van der Waals surface area contributed by atoms with Crippen LogP contribution >= 0.6 is 15.9 Å². The van der Waals surface area contributed by atoms with Crippen molar-refractivity contribution in [2.45, 2.75) is 38.2 Å². The Kier molecular flexibility index (Phi) is 4.69. The Bertz CT molecular complexity index is 707. The predicted octanol–water partition coefficient (Wildman–Crippen LogP) is 4.12. The summed E-state index contributed by atoms with van der Waals surface area (Å²) in [5.41, 5.74) is 2.45. The fourth-order valence-electron chi connectivity index (χ4n) is 3.41. The minimum Gasteiger partial charge on any atom is -0.389 e. The second-order valence-electron chi connectivity index (χ2n) is 6.66. The van der Waals surface area contributed by atoms with Gasteiger partial charge in [0.15, 0.2) is 0 Å². The minimum absolute atomic E-state index is 0.119. The first-order chi connectivity index (χ1) is 11.0. The van der Waals surface area contributed by atoms with Crippen molar-refractivity contribution < 1.29 is 9.90 Å². The summed E-state index contributed by atoms with van der Waals surface area (Å²) in [7, 11) is 0. The van der Waals surface area contributed by atoms with Crippen LogP contribution in [0.4, 0.5) is 0 Å². The zero-order chi connectivity index (χ0) is 16.4. The summed E-state index contributed by atoms with van der Waals surface area (Å²) in [5.74, 6) is -0.243. The van der Waals surface area contributed by atoms with Crippen molar-refractivity contribution >= 4 is 21.7 Å². The number of carbonyl (C=O) groups excluding carboxylic acids is 1. The molecule has 3 rings (SSSR count). The average molecular weight is 373 g/mol. The molecule has 1 N–H and O–H groups in total. The first-order valence-electron chi connectivity index (χ1n) is 8.02. The van der Waals surface area contributed by atoms with E-state index in [1.807, 2.05) is 43.3 Å². The van der Waals surface area contributed by atoms with E-state index in [0.717, 1.165) is 16.5 Å². The number of carbonyl (C=O) groups is 1. The van der Waals surface area contributed by atoms with Crippen LogP contribution < -0.4 is 0 Å². The first kappa shape index (κ1) is 16.4. The quantitative estimate of drug-likeness (QED) is 0.822. The lowest BCUT2D eigenvalue weighted by atomic mass is 9.79. The van der Waals surface area contributed by atoms with Crippen LogP contribution in [0.25, 0.3) is 0 Å². The van der Waals surface area contributed by atoms with Crippen LogP contribution in [-0.4, -0.2) is 16.5 Å². The molecule has 23 heavy (non-hydrogen) atoms. The number of aryl methyl sites for hydroxylation is 1. The Hall–Kier alpha value is -1.45. The molecule has 0 amide bonds. The molecule has 120 valence electrons. The Morgan fingerprint density at radius 1 is 1.22 bits per heavy atom. The van der Waals surface area contributed by atoms with Crippen LogP contribution in [0, 0.1) is 5.92 Å². The molecular formula is C20H21BrO2. The maximum Gasteiger partial charge on any atom is 0.143 e. The van der Waals surface area contributed by atoms with Crippen LogP contribution in [0.2, 0.25) is 0 Å². The van der Waals surface area contributed by atoms with Gasteiger partial charge in [-0.05, 0) is 55.0 Å². The van der Waals surface area contributed by atoms with Crippen LogP contribution in [0.1, 0.15) is 30.0 Å². The molecule has 3 heteroatoms. The van der Waals surface area contributed by atoms with Gasteiger partial charge in [0, 0.05) is 10.9 Å². The van der Waals surface area contributed by atoms with Crippen molar-refractivity contribution in [2.24, 2.45) is 5.92 Å². The molecule has 2 nitrogen and oxygen atoms in total. The largest absolute Gasteiger partial charge is 0.389 e. The highest BCUT2D eigenvalue weighted by Gasteiger charge is 2.39. The topological polar surface area (TPSA) is 37.3 Å². The second-order valence-corrected chi connectivity index (χ2v) is 7.57. The van der Waals surface area contributed by atoms with Gasteiger partial charge in [0.2, 0.25) is 0 Å². The molecule has 0 unspecified atom stereocenters. The molecule has 0 aliphatic heterocycles. The highest BCUT2D eigenvalue weighted by Crippen LogP contribution is 2.34. The normalized spacial score (nSPS) is 23.9. The van der Waals surface area contributed by atoms with Gasteiger partial charge in [-0.25, -0.2) is 0 Å². The van der Waals surface area contributed by atoms with Gasteiger partial charge in [0.25, 0.3) is 0 Å². The van der Waals surface area contributed by atoms with Crippen molar-refractivity contribution in [1.82, 2.24) is 0 Å². The van der Waals surface area contributed by atoms with Gasteiger partial charge in [0.1, 0.15) is 5.78 Å². The Morgan fingerprint density at radius 3 is 2.70 bits per heavy atom. The molecular weight excluding hydrogens is 352 g/mol. The number of fused-ring (bicyclic) bond motifs is 1. The lowest BCUT2D eigenvalue weighted by Gasteiger charge is -2.30. The second kappa shape index (κ2) is 6.58. The molecule has 1 aliphatic carbocycles. The van der Waals surface area contributed by atoms with E-state index in [-0.39, 0.29) is 11.7 Å². The Labute approximate surface area is 145 Å². The van der Waals surface area contributed by atoms with E-state index < -0.39 is 5.60 Å². The zero-order valence-corrected chi connectivity index (χ0v) is 14.8. The lowest BCUT2D eigenvalue weighted by molar-refractivity contribution is -0.130. The number of halogens is 1. The molecule has 0 aromatic heterocycles. The molecule has 1 aliphatic rings. The molecule has 0 radical (unpaired) electrons. The van der Waals surface area contributed by atoms with Crippen molar-refractivity contribution in [1.29, 1.82) is 0 Å². The summed E-state index contributed by atoms with van der Waals surface area (Å²) in [4.78, 5) is 12.9. The number of ketones is 1. The molecule has 0 fully saturated rings. The fraction of sp³-hybridized carbons (Fsp3) is 0.350. The SMILES string of the molecule is C[C@@]1(O)CCc2ccc(Br)cc2C[C@H]1C(=O)Cc1ccccc1. The van der Waals surface area contributed by atoms with Gasteiger partial charge in [-0.15, -0.1) is 0 Å². The highest BCUT2D eigenvalue weighted by atomic mass is 79.9. The molecule has 0 saturated carbocycles. The third-order valence-electron chi connectivity index (χ3n) is 4.85. The monoisotopic (exact) mass is 372 g/mol. The maximum absolute atomic E-state index is 12.9. The third kappa shape index (κ3) is 3.73. The van der Waals surface area contributed by atoms with Crippen molar-refractivity contribution in [2.75, 3.05) is 0 Å². The van der Waals surface area contributed by atoms with E-state index in [1.54, 1.807) is 0 Å². The zero-order valence-electron chi connectivity index (χ0n) is 13.3. The molecule has 0 spiro atoms. The predicted molar refractivity (Wildman–Crippen MR) is 95.4 cm³/mol. The summed E-state index contributed by atoms with van der Waals surface area (Å²) >= 11 is 3.51. The Morgan fingerprint density at radius 2 is 1.96 bits per heavy atom. The Balaban J connectivity index is 1.87. The maximum atomic E-state index is 12.9. The highest BCUT2D eigenvalue weighted by molar-refractivity contribution is 9.10. The molecule has 2 atom stereocenters. The van der Waals surface area contributed by atoms with E-state index in [9.17, 15) is 9.90 Å². The number of Topliss-reactive ketones (excluding diaryl/α,β-unsaturated/α-hetero) is 1. The minimum atomic E-state index is -0.961. The van der Waals surface area contributed by atoms with Crippen LogP contribution in [0.5, 0.6) is 0 Å². The molecule has 0 bridgehead atoms. The van der Waals surface area contributed by atoms with Gasteiger partial charge in [-0.3, -0.25) is 4.79 Å². The van der Waals surface area contributed by atoms with Crippen molar-refractivity contribution in [3.05, 3.63) is 69.7 Å². The summed E-state index contributed by atoms with van der Waals surface area (Å²) in [5, 5.41) is 10.9. The van der Waals surface area contributed by atoms with Gasteiger partial charge in [-0.1, -0.05) is 52.3 Å². The van der Waals surface area contributed by atoms with E-state index in [4.69, 9.17) is 0 Å². The number of hydrogen-bond donors (Lipinski definition) is 1. The lowest BCUT2D eigenvalue weighted by Crippen LogP contribution is -2.41. The van der Waals surface area contributed by atoms with E-state index in [1.165, 1.54) is 11.1 Å². The molecule has 2 aromatic carbocycles. The van der Waals surface area contributed by atoms with Crippen LogP contribution in [0.15, 0.2) is 53.0 Å². The number of hydrogen-bond acceptors (Lipinski definition) is 2. The molecule has 2 aromatic rings. The summed E-state index contributed by atoms with van der Waals surface area (Å²) < 4.78 is 1.02. The van der Waals surface area contributed by atoms with Crippen molar-refractivity contribution in [3.8, 4) is 0 Å². The first-order valence-corrected chi connectivity index (χ1v) is 8.81. The average Bonchev–Trinajstić information content (AvgIpc) is 2.64. The van der Waals surface area contributed by atoms with E-state index >= 15 is 0 Å². The molecule has 0 saturated heterocycles. The number of aliphatic hydroxyl groups is 1. The van der Waals surface area contributed by atoms with E-state index in [0.29, 0.717) is 19.3 Å². The van der Waals surface area contributed by atoms with Crippen LogP contribution in [-0.2, 0) is 24.1 Å². The smallest absolute Gasteiger partial charge is 0.143 e. The summed E-state index contributed by atoms with van der Waals surface area (Å²) in [6.07, 6.45) is 2.41. The van der Waals surface area contributed by atoms with Gasteiger partial charge in [-0.2, -0.15) is 0 Å². The van der Waals surface area contributed by atoms with Crippen LogP contribution in [0.3, 0.4) is 0 Å². The third-order valence-corrected chi connectivity index (χ3v) is 5.35. The van der Waals surface area contributed by atoms with Gasteiger partial charge < -0.3 is 5.11 Å². The van der Waals surface area contributed by atoms with E-state index in [2.05, 4.69) is 28.1 Å². The summed E-state index contributed by atoms with van der Waals surface area (Å²) in [6.45, 7) is 1.81. The van der Waals surface area contributed by atoms with Gasteiger partial charge in [0.05, 0.1) is 11.5 Å². The number of benzene rings is 2.